The second kappa shape index (κ2) is 7.44. The van der Waals surface area contributed by atoms with Gasteiger partial charge in [0.05, 0.1) is 28.9 Å². The first-order chi connectivity index (χ1) is 10.2. The van der Waals surface area contributed by atoms with Crippen LogP contribution < -0.4 is 10.6 Å². The van der Waals surface area contributed by atoms with Crippen LogP contribution in [-0.2, 0) is 11.3 Å². The number of rotatable bonds is 5. The average molecular weight is 300 g/mol. The van der Waals surface area contributed by atoms with Gasteiger partial charge in [0.1, 0.15) is 0 Å². The molecule has 0 aliphatic carbocycles. The maximum Gasteiger partial charge on any atom is 0.238 e. The number of halogens is 1. The smallest absolute Gasteiger partial charge is 0.238 e. The molecule has 106 valence electrons. The number of amides is 1. The van der Waals surface area contributed by atoms with Gasteiger partial charge in [-0.2, -0.15) is 5.26 Å². The molecule has 0 bridgehead atoms. The zero-order chi connectivity index (χ0) is 15.1. The van der Waals surface area contributed by atoms with Crippen molar-refractivity contribution < 1.29 is 4.79 Å². The van der Waals surface area contributed by atoms with E-state index in [4.69, 9.17) is 16.9 Å². The van der Waals surface area contributed by atoms with Crippen LogP contribution in [0, 0.1) is 11.3 Å². The van der Waals surface area contributed by atoms with Crippen LogP contribution in [0.2, 0.25) is 5.02 Å². The van der Waals surface area contributed by atoms with E-state index in [2.05, 4.69) is 16.7 Å². The van der Waals surface area contributed by atoms with E-state index >= 15 is 0 Å². The lowest BCUT2D eigenvalue weighted by atomic mass is 10.1. The molecule has 0 spiro atoms. The second-order valence-corrected chi connectivity index (χ2v) is 4.85. The van der Waals surface area contributed by atoms with Crippen LogP contribution in [0.4, 0.5) is 5.69 Å². The van der Waals surface area contributed by atoms with E-state index in [1.165, 1.54) is 0 Å². The van der Waals surface area contributed by atoms with Crippen LogP contribution in [0.5, 0.6) is 0 Å². The quantitative estimate of drug-likeness (QED) is 0.892. The molecule has 0 atom stereocenters. The van der Waals surface area contributed by atoms with Gasteiger partial charge in [-0.1, -0.05) is 35.9 Å². The van der Waals surface area contributed by atoms with Crippen molar-refractivity contribution in [1.82, 2.24) is 5.32 Å². The van der Waals surface area contributed by atoms with E-state index in [1.807, 2.05) is 18.2 Å². The van der Waals surface area contributed by atoms with Crippen molar-refractivity contribution in [2.75, 3.05) is 11.9 Å². The molecule has 5 heteroatoms. The Hall–Kier alpha value is -2.35. The minimum Gasteiger partial charge on any atom is -0.324 e. The molecule has 2 aromatic carbocycles. The molecule has 1 amide bonds. The van der Waals surface area contributed by atoms with Crippen molar-refractivity contribution in [3.05, 3.63) is 64.7 Å². The summed E-state index contributed by atoms with van der Waals surface area (Å²) >= 11 is 5.97. The monoisotopic (exact) mass is 299 g/mol. The number of nitrogens with one attached hydrogen (secondary N) is 2. The molecule has 4 nitrogen and oxygen atoms in total. The lowest BCUT2D eigenvalue weighted by molar-refractivity contribution is -0.115. The molecule has 2 rings (SSSR count). The molecule has 0 unspecified atom stereocenters. The minimum atomic E-state index is -0.156. The van der Waals surface area contributed by atoms with Gasteiger partial charge in [0.2, 0.25) is 5.91 Å². The fourth-order valence-corrected chi connectivity index (χ4v) is 1.96. The van der Waals surface area contributed by atoms with Crippen molar-refractivity contribution in [3.63, 3.8) is 0 Å². The van der Waals surface area contributed by atoms with Gasteiger partial charge in [-0.15, -0.1) is 0 Å². The third kappa shape index (κ3) is 4.60. The summed E-state index contributed by atoms with van der Waals surface area (Å²) in [6, 6.07) is 16.4. The molecule has 0 saturated heterocycles. The predicted molar refractivity (Wildman–Crippen MR) is 82.9 cm³/mol. The Bertz CT molecular complexity index is 662. The van der Waals surface area contributed by atoms with E-state index in [9.17, 15) is 4.79 Å². The highest BCUT2D eigenvalue weighted by Gasteiger charge is 2.04. The van der Waals surface area contributed by atoms with Crippen LogP contribution in [0.3, 0.4) is 0 Å². The number of nitrogens with zero attached hydrogens (tertiary/aromatic N) is 1. The molecule has 0 aromatic heterocycles. The number of hydrogen-bond donors (Lipinski definition) is 2. The average Bonchev–Trinajstić information content (AvgIpc) is 2.50. The molecule has 2 aromatic rings. The summed E-state index contributed by atoms with van der Waals surface area (Å²) in [5.74, 6) is -0.156. The van der Waals surface area contributed by atoms with Crippen LogP contribution in [0.1, 0.15) is 11.1 Å². The van der Waals surface area contributed by atoms with Gasteiger partial charge in [-0.25, -0.2) is 0 Å². The van der Waals surface area contributed by atoms with Crippen LogP contribution in [0.25, 0.3) is 0 Å². The molecular formula is C16H14ClN3O. The standard InChI is InChI=1S/C16H14ClN3O/c17-14-3-1-2-4-15(14)20-16(21)11-19-10-13-7-5-12(9-18)6-8-13/h1-8,19H,10-11H2,(H,20,21). The van der Waals surface area contributed by atoms with E-state index in [-0.39, 0.29) is 12.5 Å². The molecule has 0 saturated carbocycles. The number of para-hydroxylation sites is 1. The summed E-state index contributed by atoms with van der Waals surface area (Å²) < 4.78 is 0. The fraction of sp³-hybridized carbons (Fsp3) is 0.125. The first-order valence-corrected chi connectivity index (χ1v) is 6.81. The number of nitriles is 1. The topological polar surface area (TPSA) is 64.9 Å². The third-order valence-corrected chi connectivity index (χ3v) is 3.18. The molecule has 0 aliphatic heterocycles. The number of carbonyl (C=O) groups is 1. The summed E-state index contributed by atoms with van der Waals surface area (Å²) in [7, 11) is 0. The zero-order valence-corrected chi connectivity index (χ0v) is 12.0. The molecule has 21 heavy (non-hydrogen) atoms. The Labute approximate surface area is 128 Å². The van der Waals surface area contributed by atoms with E-state index < -0.39 is 0 Å². The van der Waals surface area contributed by atoms with Gasteiger partial charge < -0.3 is 10.6 Å². The lowest BCUT2D eigenvalue weighted by Crippen LogP contribution is -2.27. The van der Waals surface area contributed by atoms with Crippen molar-refractivity contribution in [3.8, 4) is 6.07 Å². The summed E-state index contributed by atoms with van der Waals surface area (Å²) in [5.41, 5.74) is 2.24. The minimum absolute atomic E-state index is 0.156. The van der Waals surface area contributed by atoms with Gasteiger partial charge in [-0.3, -0.25) is 4.79 Å². The van der Waals surface area contributed by atoms with Crippen LogP contribution in [0.15, 0.2) is 48.5 Å². The molecule has 2 N–H and O–H groups in total. The Balaban J connectivity index is 1.79. The SMILES string of the molecule is N#Cc1ccc(CNCC(=O)Nc2ccccc2Cl)cc1. The van der Waals surface area contributed by atoms with Gasteiger partial charge in [-0.05, 0) is 29.8 Å². The highest BCUT2D eigenvalue weighted by Crippen LogP contribution is 2.19. The number of carbonyl (C=O) groups excluding carboxylic acids is 1. The normalized spacial score (nSPS) is 9.90. The molecule has 0 heterocycles. The van der Waals surface area contributed by atoms with Crippen LogP contribution in [-0.4, -0.2) is 12.5 Å². The summed E-state index contributed by atoms with van der Waals surface area (Å²) in [5, 5.41) is 15.0. The zero-order valence-electron chi connectivity index (χ0n) is 11.3. The van der Waals surface area contributed by atoms with Crippen molar-refractivity contribution >= 4 is 23.2 Å². The maximum atomic E-state index is 11.8. The molecule has 0 fully saturated rings. The third-order valence-electron chi connectivity index (χ3n) is 2.85. The van der Waals surface area contributed by atoms with Gasteiger partial charge >= 0.3 is 0 Å². The van der Waals surface area contributed by atoms with Crippen molar-refractivity contribution in [1.29, 1.82) is 5.26 Å². The Morgan fingerprint density at radius 2 is 1.86 bits per heavy atom. The summed E-state index contributed by atoms with van der Waals surface area (Å²) in [6.45, 7) is 0.743. The van der Waals surface area contributed by atoms with Crippen molar-refractivity contribution in [2.24, 2.45) is 0 Å². The fourth-order valence-electron chi connectivity index (χ4n) is 1.77. The first kappa shape index (κ1) is 15.0. The maximum absolute atomic E-state index is 11.8. The largest absolute Gasteiger partial charge is 0.324 e. The number of anilines is 1. The second-order valence-electron chi connectivity index (χ2n) is 4.44. The Morgan fingerprint density at radius 1 is 1.14 bits per heavy atom. The molecule has 0 aliphatic rings. The number of benzene rings is 2. The summed E-state index contributed by atoms with van der Waals surface area (Å²) in [4.78, 5) is 11.8. The Morgan fingerprint density at radius 3 is 2.52 bits per heavy atom. The highest BCUT2D eigenvalue weighted by atomic mass is 35.5. The van der Waals surface area contributed by atoms with E-state index in [0.29, 0.717) is 22.8 Å². The Kier molecular flexibility index (Phi) is 5.33. The van der Waals surface area contributed by atoms with Gasteiger partial charge in [0.15, 0.2) is 0 Å². The number of hydrogen-bond acceptors (Lipinski definition) is 3. The first-order valence-electron chi connectivity index (χ1n) is 6.43. The molecular weight excluding hydrogens is 286 g/mol. The van der Waals surface area contributed by atoms with E-state index in [1.54, 1.807) is 30.3 Å². The predicted octanol–water partition coefficient (Wildman–Crippen LogP) is 2.94. The van der Waals surface area contributed by atoms with Crippen molar-refractivity contribution in [2.45, 2.75) is 6.54 Å². The van der Waals surface area contributed by atoms with Crippen LogP contribution >= 0.6 is 11.6 Å². The summed E-state index contributed by atoms with van der Waals surface area (Å²) in [6.07, 6.45) is 0. The van der Waals surface area contributed by atoms with Gasteiger partial charge in [0.25, 0.3) is 0 Å². The van der Waals surface area contributed by atoms with Gasteiger partial charge in [0, 0.05) is 6.54 Å². The van der Waals surface area contributed by atoms with E-state index in [0.717, 1.165) is 5.56 Å². The lowest BCUT2D eigenvalue weighted by Gasteiger charge is -2.08. The highest BCUT2D eigenvalue weighted by molar-refractivity contribution is 6.33. The molecule has 0 radical (unpaired) electrons.